The Morgan fingerprint density at radius 3 is 2.28 bits per heavy atom. The van der Waals surface area contributed by atoms with Gasteiger partial charge in [0, 0.05) is 25.6 Å². The molecule has 1 aromatic rings. The second-order valence-corrected chi connectivity index (χ2v) is 10.1. The van der Waals surface area contributed by atoms with E-state index in [1.54, 1.807) is 29.6 Å². The Kier molecular flexibility index (Phi) is 4.33. The zero-order valence-electron chi connectivity index (χ0n) is 15.3. The van der Waals surface area contributed by atoms with Gasteiger partial charge in [0.1, 0.15) is 5.75 Å². The van der Waals surface area contributed by atoms with Crippen LogP contribution in [-0.2, 0) is 16.4 Å². The van der Waals surface area contributed by atoms with Crippen molar-refractivity contribution < 1.29 is 13.2 Å². The fourth-order valence-corrected chi connectivity index (χ4v) is 6.39. The number of fused-ring (bicyclic) bond motifs is 2. The molecule has 4 rings (SSSR count). The zero-order chi connectivity index (χ0) is 17.8. The second kappa shape index (κ2) is 6.25. The highest BCUT2D eigenvalue weighted by atomic mass is 32.2. The molecule has 1 aliphatic heterocycles. The van der Waals surface area contributed by atoms with Crippen LogP contribution in [0.3, 0.4) is 0 Å². The van der Waals surface area contributed by atoms with Gasteiger partial charge in [-0.1, -0.05) is 0 Å². The normalized spacial score (nSPS) is 31.4. The van der Waals surface area contributed by atoms with Gasteiger partial charge in [-0.25, -0.2) is 8.42 Å². The van der Waals surface area contributed by atoms with Crippen LogP contribution in [0.2, 0.25) is 0 Å². The molecule has 1 aromatic carbocycles. The largest absolute Gasteiger partial charge is 0.493 e. The molecule has 2 unspecified atom stereocenters. The first-order valence-corrected chi connectivity index (χ1v) is 10.7. The van der Waals surface area contributed by atoms with Crippen molar-refractivity contribution in [2.45, 2.75) is 49.1 Å². The first kappa shape index (κ1) is 17.3. The Bertz CT molecular complexity index is 748. The van der Waals surface area contributed by atoms with E-state index in [1.807, 2.05) is 0 Å². The fourth-order valence-electron chi connectivity index (χ4n) is 4.96. The van der Waals surface area contributed by atoms with E-state index in [0.717, 1.165) is 30.6 Å². The number of ether oxygens (including phenoxy) is 1. The summed E-state index contributed by atoms with van der Waals surface area (Å²) in [4.78, 5) is 2.72. The molecule has 0 amide bonds. The minimum atomic E-state index is -3.44. The summed E-state index contributed by atoms with van der Waals surface area (Å²) in [5, 5.41) is 0. The first-order chi connectivity index (χ1) is 11.9. The number of nitrogens with zero attached hydrogens (tertiary/aromatic N) is 2. The highest BCUT2D eigenvalue weighted by Gasteiger charge is 2.45. The highest BCUT2D eigenvalue weighted by Crippen LogP contribution is 2.47. The molecular weight excluding hydrogens is 336 g/mol. The van der Waals surface area contributed by atoms with Crippen molar-refractivity contribution in [3.8, 4) is 5.75 Å². The van der Waals surface area contributed by atoms with Crippen molar-refractivity contribution >= 4 is 10.0 Å². The smallest absolute Gasteiger partial charge is 0.243 e. The molecule has 0 aromatic heterocycles. The highest BCUT2D eigenvalue weighted by molar-refractivity contribution is 7.89. The summed E-state index contributed by atoms with van der Waals surface area (Å²) in [6.45, 7) is 0.647. The third kappa shape index (κ3) is 2.98. The van der Waals surface area contributed by atoms with Crippen LogP contribution in [0.4, 0.5) is 0 Å². The molecule has 0 spiro atoms. The molecule has 3 aliphatic rings. The molecule has 4 atom stereocenters. The van der Waals surface area contributed by atoms with E-state index < -0.39 is 10.0 Å². The van der Waals surface area contributed by atoms with Gasteiger partial charge < -0.3 is 9.64 Å². The van der Waals surface area contributed by atoms with Gasteiger partial charge in [0.2, 0.25) is 10.0 Å². The van der Waals surface area contributed by atoms with Gasteiger partial charge in [0.05, 0.1) is 11.5 Å². The summed E-state index contributed by atoms with van der Waals surface area (Å²) < 4.78 is 33.3. The summed E-state index contributed by atoms with van der Waals surface area (Å²) >= 11 is 0. The lowest BCUT2D eigenvalue weighted by molar-refractivity contribution is 0.268. The van der Waals surface area contributed by atoms with Crippen molar-refractivity contribution in [2.75, 3.05) is 27.7 Å². The van der Waals surface area contributed by atoms with Crippen LogP contribution < -0.4 is 4.74 Å². The SMILES string of the molecule is CN(C)C1C[C@@H]2CC(N(C)S(=O)(=O)c3ccc4c(c3)CCO4)C[C@@H]2C1. The Hall–Kier alpha value is -1.11. The monoisotopic (exact) mass is 364 g/mol. The zero-order valence-corrected chi connectivity index (χ0v) is 16.1. The van der Waals surface area contributed by atoms with Gasteiger partial charge in [-0.3, -0.25) is 0 Å². The van der Waals surface area contributed by atoms with Crippen LogP contribution in [0.5, 0.6) is 5.75 Å². The number of rotatable bonds is 4. The maximum absolute atomic E-state index is 13.1. The molecule has 0 saturated heterocycles. The molecule has 2 aliphatic carbocycles. The Balaban J connectivity index is 1.49. The molecule has 0 radical (unpaired) electrons. The Morgan fingerprint density at radius 2 is 1.64 bits per heavy atom. The van der Waals surface area contributed by atoms with Crippen molar-refractivity contribution in [3.63, 3.8) is 0 Å². The molecule has 6 heteroatoms. The van der Waals surface area contributed by atoms with Gasteiger partial charge in [0.25, 0.3) is 0 Å². The molecule has 138 valence electrons. The van der Waals surface area contributed by atoms with E-state index in [2.05, 4.69) is 19.0 Å². The molecular formula is C19H28N2O3S. The van der Waals surface area contributed by atoms with Crippen molar-refractivity contribution in [1.82, 2.24) is 9.21 Å². The molecule has 2 saturated carbocycles. The quantitative estimate of drug-likeness (QED) is 0.823. The van der Waals surface area contributed by atoms with Crippen LogP contribution in [0.15, 0.2) is 23.1 Å². The maximum atomic E-state index is 13.1. The molecule has 25 heavy (non-hydrogen) atoms. The summed E-state index contributed by atoms with van der Waals surface area (Å²) in [6, 6.07) is 6.08. The molecule has 0 N–H and O–H groups in total. The maximum Gasteiger partial charge on any atom is 0.243 e. The number of hydrogen-bond donors (Lipinski definition) is 0. The number of sulfonamides is 1. The minimum Gasteiger partial charge on any atom is -0.493 e. The summed E-state index contributed by atoms with van der Waals surface area (Å²) in [7, 11) is 2.62. The van der Waals surface area contributed by atoms with Crippen LogP contribution >= 0.6 is 0 Å². The van der Waals surface area contributed by atoms with E-state index in [9.17, 15) is 8.42 Å². The molecule has 5 nitrogen and oxygen atoms in total. The molecule has 0 bridgehead atoms. The van der Waals surface area contributed by atoms with Crippen LogP contribution in [0, 0.1) is 11.8 Å². The Morgan fingerprint density at radius 1 is 1.00 bits per heavy atom. The number of hydrogen-bond acceptors (Lipinski definition) is 4. The second-order valence-electron chi connectivity index (χ2n) is 8.12. The predicted octanol–water partition coefficient (Wildman–Crippen LogP) is 2.36. The van der Waals surface area contributed by atoms with Crippen molar-refractivity contribution in [3.05, 3.63) is 23.8 Å². The fraction of sp³-hybridized carbons (Fsp3) is 0.684. The van der Waals surface area contributed by atoms with Gasteiger partial charge in [-0.2, -0.15) is 4.31 Å². The van der Waals surface area contributed by atoms with Crippen LogP contribution in [0.25, 0.3) is 0 Å². The third-order valence-corrected chi connectivity index (χ3v) is 8.45. The van der Waals surface area contributed by atoms with Gasteiger partial charge >= 0.3 is 0 Å². The van der Waals surface area contributed by atoms with Crippen LogP contribution in [-0.4, -0.2) is 57.5 Å². The average molecular weight is 365 g/mol. The van der Waals surface area contributed by atoms with Crippen molar-refractivity contribution in [1.29, 1.82) is 0 Å². The molecule has 2 fully saturated rings. The van der Waals surface area contributed by atoms with E-state index in [0.29, 0.717) is 29.4 Å². The Labute approximate surface area is 151 Å². The standard InChI is InChI=1S/C19H28N2O3S/c1-20(2)16-8-14-10-17(11-15(14)9-16)21(3)25(22,23)18-4-5-19-13(12-18)6-7-24-19/h4-5,12,14-17H,6-11H2,1-3H3/t14-,15+,16?,17?. The first-order valence-electron chi connectivity index (χ1n) is 9.26. The van der Waals surface area contributed by atoms with E-state index in [4.69, 9.17) is 4.74 Å². The lowest BCUT2D eigenvalue weighted by Gasteiger charge is -2.26. The summed E-state index contributed by atoms with van der Waals surface area (Å²) in [6.07, 6.45) is 5.20. The minimum absolute atomic E-state index is 0.132. The average Bonchev–Trinajstić information content (AvgIpc) is 3.26. The van der Waals surface area contributed by atoms with Gasteiger partial charge in [-0.05, 0) is 75.4 Å². The number of benzene rings is 1. The third-order valence-electron chi connectivity index (χ3n) is 6.55. The van der Waals surface area contributed by atoms with E-state index in [-0.39, 0.29) is 6.04 Å². The predicted molar refractivity (Wildman–Crippen MR) is 97.3 cm³/mol. The lowest BCUT2D eigenvalue weighted by Crippen LogP contribution is -2.36. The topological polar surface area (TPSA) is 49.9 Å². The van der Waals surface area contributed by atoms with Gasteiger partial charge in [-0.15, -0.1) is 0 Å². The lowest BCUT2D eigenvalue weighted by atomic mass is 10.0. The van der Waals surface area contributed by atoms with E-state index >= 15 is 0 Å². The summed E-state index contributed by atoms with van der Waals surface area (Å²) in [5.74, 6) is 2.17. The van der Waals surface area contributed by atoms with Crippen molar-refractivity contribution in [2.24, 2.45) is 11.8 Å². The molecule has 1 heterocycles. The summed E-state index contributed by atoms with van der Waals surface area (Å²) in [5.41, 5.74) is 1.01. The van der Waals surface area contributed by atoms with Gasteiger partial charge in [0.15, 0.2) is 0 Å². The van der Waals surface area contributed by atoms with Crippen LogP contribution in [0.1, 0.15) is 31.2 Å². The van der Waals surface area contributed by atoms with E-state index in [1.165, 1.54) is 12.8 Å².